The fourth-order valence-electron chi connectivity index (χ4n) is 1.64. The molecule has 0 aromatic heterocycles. The summed E-state index contributed by atoms with van der Waals surface area (Å²) in [5.41, 5.74) is 0.805. The van der Waals surface area contributed by atoms with Crippen LogP contribution in [0.3, 0.4) is 0 Å². The first-order chi connectivity index (χ1) is 10.3. The van der Waals surface area contributed by atoms with Crippen LogP contribution >= 0.6 is 23.2 Å². The van der Waals surface area contributed by atoms with Crippen molar-refractivity contribution in [3.05, 3.63) is 58.6 Å². The zero-order valence-corrected chi connectivity index (χ0v) is 13.5. The van der Waals surface area contributed by atoms with Gasteiger partial charge < -0.3 is 5.32 Å². The van der Waals surface area contributed by atoms with Gasteiger partial charge in [-0.1, -0.05) is 23.2 Å². The van der Waals surface area contributed by atoms with Gasteiger partial charge in [0, 0.05) is 21.4 Å². The van der Waals surface area contributed by atoms with Crippen LogP contribution in [0.5, 0.6) is 0 Å². The summed E-state index contributed by atoms with van der Waals surface area (Å²) in [4.78, 5) is 11.8. The molecule has 0 bridgehead atoms. The minimum atomic E-state index is -3.81. The molecule has 5 nitrogen and oxygen atoms in total. The molecule has 2 aromatic rings. The molecule has 0 aliphatic heterocycles. The Morgan fingerprint density at radius 1 is 0.864 bits per heavy atom. The van der Waals surface area contributed by atoms with Crippen molar-refractivity contribution in [3.8, 4) is 0 Å². The van der Waals surface area contributed by atoms with Gasteiger partial charge in [-0.25, -0.2) is 8.42 Å². The quantitative estimate of drug-likeness (QED) is 0.860. The van der Waals surface area contributed by atoms with Crippen LogP contribution in [-0.4, -0.2) is 20.1 Å². The van der Waals surface area contributed by atoms with Gasteiger partial charge in [-0.2, -0.15) is 0 Å². The molecule has 2 N–H and O–H groups in total. The van der Waals surface area contributed by atoms with Crippen molar-refractivity contribution in [2.45, 2.75) is 0 Å². The maximum absolute atomic E-state index is 11.9. The molecule has 0 radical (unpaired) electrons. The van der Waals surface area contributed by atoms with Crippen molar-refractivity contribution in [3.63, 3.8) is 0 Å². The van der Waals surface area contributed by atoms with Crippen LogP contribution < -0.4 is 10.0 Å². The molecule has 2 aromatic carbocycles. The third kappa shape index (κ3) is 5.22. The number of nitrogens with one attached hydrogen (secondary N) is 2. The zero-order chi connectivity index (χ0) is 16.2. The Hall–Kier alpha value is -1.76. The summed E-state index contributed by atoms with van der Waals surface area (Å²) in [6.07, 6.45) is 0. The minimum absolute atomic E-state index is 0.337. The minimum Gasteiger partial charge on any atom is -0.325 e. The van der Waals surface area contributed by atoms with Gasteiger partial charge in [0.25, 0.3) is 0 Å². The number of rotatable bonds is 5. The van der Waals surface area contributed by atoms with Gasteiger partial charge in [0.15, 0.2) is 0 Å². The van der Waals surface area contributed by atoms with Gasteiger partial charge in [0.05, 0.1) is 0 Å². The highest BCUT2D eigenvalue weighted by molar-refractivity contribution is 7.93. The summed E-state index contributed by atoms with van der Waals surface area (Å²) in [6, 6.07) is 12.5. The molecule has 0 aliphatic carbocycles. The molecule has 0 saturated heterocycles. The average Bonchev–Trinajstić information content (AvgIpc) is 2.43. The summed E-state index contributed by atoms with van der Waals surface area (Å²) in [5.74, 6) is -1.35. The molecular formula is C14H12Cl2N2O3S. The van der Waals surface area contributed by atoms with E-state index in [2.05, 4.69) is 10.0 Å². The van der Waals surface area contributed by atoms with Crippen LogP contribution in [0.15, 0.2) is 48.5 Å². The normalized spacial score (nSPS) is 11.0. The Labute approximate surface area is 138 Å². The first-order valence-electron chi connectivity index (χ1n) is 6.15. The summed E-state index contributed by atoms with van der Waals surface area (Å²) >= 11 is 11.4. The first-order valence-corrected chi connectivity index (χ1v) is 8.56. The van der Waals surface area contributed by atoms with Crippen LogP contribution in [0, 0.1) is 0 Å². The third-order valence-corrected chi connectivity index (χ3v) is 4.26. The molecular weight excluding hydrogens is 347 g/mol. The first kappa shape index (κ1) is 16.6. The second kappa shape index (κ2) is 7.00. The van der Waals surface area contributed by atoms with E-state index in [0.717, 1.165) is 0 Å². The maximum atomic E-state index is 11.9. The Balaban J connectivity index is 1.97. The number of sulfonamides is 1. The lowest BCUT2D eigenvalue weighted by Gasteiger charge is -2.09. The van der Waals surface area contributed by atoms with Gasteiger partial charge in [-0.3, -0.25) is 9.52 Å². The van der Waals surface area contributed by atoms with E-state index in [9.17, 15) is 13.2 Å². The van der Waals surface area contributed by atoms with Crippen LogP contribution in [0.2, 0.25) is 10.0 Å². The van der Waals surface area contributed by atoms with E-state index in [1.807, 2.05) is 0 Å². The monoisotopic (exact) mass is 358 g/mol. The molecule has 0 aliphatic rings. The number of benzene rings is 2. The highest BCUT2D eigenvalue weighted by atomic mass is 35.5. The standard InChI is InChI=1S/C14H12Cl2N2O3S/c15-10-1-5-12(6-2-10)17-14(19)9-22(20,21)18-13-7-3-11(16)4-8-13/h1-8,18H,9H2,(H,17,19). The van der Waals surface area contributed by atoms with Crippen LogP contribution in [0.4, 0.5) is 11.4 Å². The summed E-state index contributed by atoms with van der Waals surface area (Å²) < 4.78 is 26.1. The molecule has 22 heavy (non-hydrogen) atoms. The van der Waals surface area contributed by atoms with E-state index < -0.39 is 21.7 Å². The predicted molar refractivity (Wildman–Crippen MR) is 88.9 cm³/mol. The molecule has 1 amide bonds. The number of halogens is 2. The highest BCUT2D eigenvalue weighted by Gasteiger charge is 2.16. The van der Waals surface area contributed by atoms with Crippen molar-refractivity contribution in [2.24, 2.45) is 0 Å². The van der Waals surface area contributed by atoms with Crippen LogP contribution in [-0.2, 0) is 14.8 Å². The molecule has 0 spiro atoms. The van der Waals surface area contributed by atoms with Crippen molar-refractivity contribution < 1.29 is 13.2 Å². The molecule has 116 valence electrons. The molecule has 0 atom stereocenters. The van der Waals surface area contributed by atoms with Crippen molar-refractivity contribution in [1.29, 1.82) is 0 Å². The highest BCUT2D eigenvalue weighted by Crippen LogP contribution is 2.16. The zero-order valence-electron chi connectivity index (χ0n) is 11.2. The summed E-state index contributed by atoms with van der Waals surface area (Å²) in [5, 5.41) is 3.49. The van der Waals surface area contributed by atoms with Gasteiger partial charge in [-0.15, -0.1) is 0 Å². The van der Waals surface area contributed by atoms with Gasteiger partial charge in [0.1, 0.15) is 5.75 Å². The number of carbonyl (C=O) groups excluding carboxylic acids is 1. The van der Waals surface area contributed by atoms with Crippen LogP contribution in [0.1, 0.15) is 0 Å². The van der Waals surface area contributed by atoms with E-state index in [-0.39, 0.29) is 0 Å². The largest absolute Gasteiger partial charge is 0.325 e. The predicted octanol–water partition coefficient (Wildman–Crippen LogP) is 3.37. The molecule has 0 unspecified atom stereocenters. The fraction of sp³-hybridized carbons (Fsp3) is 0.0714. The summed E-state index contributed by atoms with van der Waals surface area (Å²) in [7, 11) is -3.81. The van der Waals surface area contributed by atoms with E-state index in [0.29, 0.717) is 21.4 Å². The SMILES string of the molecule is O=C(CS(=O)(=O)Nc1ccc(Cl)cc1)Nc1ccc(Cl)cc1. The molecule has 0 saturated carbocycles. The maximum Gasteiger partial charge on any atom is 0.241 e. The lowest BCUT2D eigenvalue weighted by molar-refractivity contribution is -0.113. The lowest BCUT2D eigenvalue weighted by Crippen LogP contribution is -2.27. The average molecular weight is 359 g/mol. The Bertz CT molecular complexity index is 760. The van der Waals surface area contributed by atoms with E-state index >= 15 is 0 Å². The molecule has 2 rings (SSSR count). The smallest absolute Gasteiger partial charge is 0.241 e. The van der Waals surface area contributed by atoms with Crippen LogP contribution in [0.25, 0.3) is 0 Å². The topological polar surface area (TPSA) is 75.3 Å². The fourth-order valence-corrected chi connectivity index (χ4v) is 2.87. The number of carbonyl (C=O) groups is 1. The third-order valence-electron chi connectivity index (χ3n) is 2.57. The molecule has 0 fully saturated rings. The second-order valence-electron chi connectivity index (χ2n) is 4.42. The second-order valence-corrected chi connectivity index (χ2v) is 7.02. The van der Waals surface area contributed by atoms with Crippen molar-refractivity contribution in [2.75, 3.05) is 15.8 Å². The Kier molecular flexibility index (Phi) is 5.28. The van der Waals surface area contributed by atoms with Gasteiger partial charge in [-0.05, 0) is 48.5 Å². The Morgan fingerprint density at radius 2 is 1.32 bits per heavy atom. The number of amides is 1. The van der Waals surface area contributed by atoms with Gasteiger partial charge >= 0.3 is 0 Å². The van der Waals surface area contributed by atoms with Gasteiger partial charge in [0.2, 0.25) is 15.9 Å². The molecule has 8 heteroatoms. The molecule has 0 heterocycles. The van der Waals surface area contributed by atoms with E-state index in [4.69, 9.17) is 23.2 Å². The Morgan fingerprint density at radius 3 is 1.82 bits per heavy atom. The van der Waals surface area contributed by atoms with E-state index in [1.54, 1.807) is 36.4 Å². The van der Waals surface area contributed by atoms with Crippen molar-refractivity contribution in [1.82, 2.24) is 0 Å². The number of hydrogen-bond acceptors (Lipinski definition) is 3. The number of hydrogen-bond donors (Lipinski definition) is 2. The lowest BCUT2D eigenvalue weighted by atomic mass is 10.3. The van der Waals surface area contributed by atoms with E-state index in [1.165, 1.54) is 12.1 Å². The van der Waals surface area contributed by atoms with Crippen molar-refractivity contribution >= 4 is 50.5 Å². The number of anilines is 2. The summed E-state index contributed by atoms with van der Waals surface area (Å²) in [6.45, 7) is 0.